The molecule has 94 valence electrons. The third kappa shape index (κ3) is 3.04. The smallest absolute Gasteiger partial charge is 0.265 e. The molecule has 17 heavy (non-hydrogen) atoms. The second-order valence-corrected chi connectivity index (χ2v) is 6.26. The first-order valence-corrected chi connectivity index (χ1v) is 7.67. The Morgan fingerprint density at radius 1 is 1.59 bits per heavy atom. The van der Waals surface area contributed by atoms with E-state index in [9.17, 15) is 4.79 Å². The Hall–Kier alpha value is -0.490. The Morgan fingerprint density at radius 2 is 2.41 bits per heavy atom. The summed E-state index contributed by atoms with van der Waals surface area (Å²) < 4.78 is 3.87. The van der Waals surface area contributed by atoms with Gasteiger partial charge in [0.1, 0.15) is 4.88 Å². The van der Waals surface area contributed by atoms with E-state index < -0.39 is 0 Å². The Morgan fingerprint density at radius 3 is 3.06 bits per heavy atom. The molecule has 0 radical (unpaired) electrons. The molecular formula is C11H16BrN3OS. The number of carbonyl (C=O) groups excluding carboxylic acids is 1. The summed E-state index contributed by atoms with van der Waals surface area (Å²) in [5, 5.41) is 7.09. The zero-order valence-electron chi connectivity index (χ0n) is 9.78. The lowest BCUT2D eigenvalue weighted by Gasteiger charge is -2.15. The highest BCUT2D eigenvalue weighted by atomic mass is 79.9. The molecule has 0 spiro atoms. The van der Waals surface area contributed by atoms with Crippen LogP contribution in [-0.4, -0.2) is 26.4 Å². The number of alkyl halides is 1. The maximum Gasteiger partial charge on any atom is 0.265 e. The number of aromatic nitrogens is 2. The molecule has 0 aliphatic heterocycles. The van der Waals surface area contributed by atoms with E-state index >= 15 is 0 Å². The van der Waals surface area contributed by atoms with Gasteiger partial charge >= 0.3 is 0 Å². The van der Waals surface area contributed by atoms with Crippen molar-refractivity contribution in [3.63, 3.8) is 0 Å². The molecule has 1 aliphatic rings. The van der Waals surface area contributed by atoms with Crippen molar-refractivity contribution in [3.8, 4) is 0 Å². The summed E-state index contributed by atoms with van der Waals surface area (Å²) in [6.07, 6.45) is 5.16. The Kier molecular flexibility index (Phi) is 4.50. The standard InChI is InChI=1S/C11H16BrN3OS/c1-2-4-9-10(17-15-14-9)11(16)13-8-6-3-5-7(8)12/h7-8H,2-6H2,1H3,(H,13,16). The van der Waals surface area contributed by atoms with Crippen molar-refractivity contribution in [1.82, 2.24) is 14.9 Å². The molecule has 2 rings (SSSR count). The van der Waals surface area contributed by atoms with E-state index in [-0.39, 0.29) is 11.9 Å². The fourth-order valence-corrected chi connectivity index (χ4v) is 3.42. The van der Waals surface area contributed by atoms with Gasteiger partial charge in [0.2, 0.25) is 0 Å². The maximum absolute atomic E-state index is 12.1. The first-order valence-electron chi connectivity index (χ1n) is 5.98. The fourth-order valence-electron chi connectivity index (χ4n) is 2.09. The number of amides is 1. The predicted molar refractivity (Wildman–Crippen MR) is 71.7 cm³/mol. The number of hydrogen-bond donors (Lipinski definition) is 1. The summed E-state index contributed by atoms with van der Waals surface area (Å²) >= 11 is 4.80. The molecule has 2 unspecified atom stereocenters. The van der Waals surface area contributed by atoms with E-state index in [1.54, 1.807) is 0 Å². The number of carbonyl (C=O) groups is 1. The molecule has 1 fully saturated rings. The number of hydrogen-bond acceptors (Lipinski definition) is 4. The van der Waals surface area contributed by atoms with E-state index in [2.05, 4.69) is 37.8 Å². The summed E-state index contributed by atoms with van der Waals surface area (Å²) in [6, 6.07) is 0.249. The minimum Gasteiger partial charge on any atom is -0.347 e. The van der Waals surface area contributed by atoms with Crippen molar-refractivity contribution < 1.29 is 4.79 Å². The van der Waals surface area contributed by atoms with E-state index in [4.69, 9.17) is 0 Å². The van der Waals surface area contributed by atoms with Crippen LogP contribution in [0.25, 0.3) is 0 Å². The Balaban J connectivity index is 2.01. The van der Waals surface area contributed by atoms with Gasteiger partial charge in [-0.05, 0) is 30.8 Å². The molecule has 2 atom stereocenters. The molecule has 0 bridgehead atoms. The van der Waals surface area contributed by atoms with Crippen molar-refractivity contribution in [3.05, 3.63) is 10.6 Å². The lowest BCUT2D eigenvalue weighted by Crippen LogP contribution is -2.37. The van der Waals surface area contributed by atoms with Gasteiger partial charge in [0.15, 0.2) is 0 Å². The molecule has 0 saturated heterocycles. The van der Waals surface area contributed by atoms with Crippen LogP contribution >= 0.6 is 27.5 Å². The van der Waals surface area contributed by atoms with Gasteiger partial charge in [-0.15, -0.1) is 5.10 Å². The van der Waals surface area contributed by atoms with E-state index in [1.807, 2.05) is 0 Å². The SMILES string of the molecule is CCCc1nnsc1C(=O)NC1CCCC1Br. The van der Waals surface area contributed by atoms with Crippen LogP contribution in [0.3, 0.4) is 0 Å². The second-order valence-electron chi connectivity index (χ2n) is 4.33. The molecule has 1 saturated carbocycles. The zero-order chi connectivity index (χ0) is 12.3. The largest absolute Gasteiger partial charge is 0.347 e. The summed E-state index contributed by atoms with van der Waals surface area (Å²) in [6.45, 7) is 2.08. The summed E-state index contributed by atoms with van der Waals surface area (Å²) in [5.41, 5.74) is 0.833. The van der Waals surface area contributed by atoms with Crippen molar-refractivity contribution in [1.29, 1.82) is 0 Å². The summed E-state index contributed by atoms with van der Waals surface area (Å²) in [7, 11) is 0. The number of rotatable bonds is 4. The highest BCUT2D eigenvalue weighted by Crippen LogP contribution is 2.26. The molecule has 1 heterocycles. The first kappa shape index (κ1) is 13.0. The van der Waals surface area contributed by atoms with Crippen LogP contribution in [-0.2, 0) is 6.42 Å². The van der Waals surface area contributed by atoms with Crippen LogP contribution in [0.2, 0.25) is 0 Å². The monoisotopic (exact) mass is 317 g/mol. The molecule has 1 aliphatic carbocycles. The minimum absolute atomic E-state index is 0.0141. The number of aryl methyl sites for hydroxylation is 1. The molecule has 1 aromatic rings. The van der Waals surface area contributed by atoms with Crippen LogP contribution in [0.1, 0.15) is 48.0 Å². The van der Waals surface area contributed by atoms with Crippen LogP contribution in [0.4, 0.5) is 0 Å². The average molecular weight is 318 g/mol. The van der Waals surface area contributed by atoms with Gasteiger partial charge in [-0.1, -0.05) is 40.2 Å². The highest BCUT2D eigenvalue weighted by Gasteiger charge is 2.27. The van der Waals surface area contributed by atoms with Gasteiger partial charge in [0, 0.05) is 10.9 Å². The van der Waals surface area contributed by atoms with Gasteiger partial charge in [-0.25, -0.2) is 0 Å². The van der Waals surface area contributed by atoms with Crippen LogP contribution < -0.4 is 5.32 Å². The molecule has 0 aromatic carbocycles. The maximum atomic E-state index is 12.1. The molecule has 4 nitrogen and oxygen atoms in total. The molecular weight excluding hydrogens is 302 g/mol. The molecule has 1 amide bonds. The lowest BCUT2D eigenvalue weighted by atomic mass is 10.2. The van der Waals surface area contributed by atoms with Gasteiger partial charge < -0.3 is 5.32 Å². The van der Waals surface area contributed by atoms with E-state index in [0.29, 0.717) is 9.70 Å². The van der Waals surface area contributed by atoms with Crippen molar-refractivity contribution in [2.45, 2.75) is 49.9 Å². The lowest BCUT2D eigenvalue weighted by molar-refractivity contribution is 0.0942. The Bertz CT molecular complexity index is 396. The number of halogens is 1. The summed E-state index contributed by atoms with van der Waals surface area (Å²) in [5.74, 6) is -0.0141. The number of nitrogens with zero attached hydrogens (tertiary/aromatic N) is 2. The van der Waals surface area contributed by atoms with Gasteiger partial charge in [-0.2, -0.15) is 0 Å². The molecule has 6 heteroatoms. The van der Waals surface area contributed by atoms with Crippen LogP contribution in [0, 0.1) is 0 Å². The molecule has 1 N–H and O–H groups in total. The van der Waals surface area contributed by atoms with Crippen molar-refractivity contribution in [2.75, 3.05) is 0 Å². The second kappa shape index (κ2) is 5.91. The van der Waals surface area contributed by atoms with Gasteiger partial charge in [-0.3, -0.25) is 4.79 Å². The third-order valence-electron chi connectivity index (χ3n) is 3.00. The zero-order valence-corrected chi connectivity index (χ0v) is 12.2. The minimum atomic E-state index is -0.0141. The normalized spacial score (nSPS) is 23.9. The van der Waals surface area contributed by atoms with E-state index in [1.165, 1.54) is 18.0 Å². The van der Waals surface area contributed by atoms with Crippen molar-refractivity contribution >= 4 is 33.4 Å². The quantitative estimate of drug-likeness (QED) is 0.868. The molecule has 1 aromatic heterocycles. The van der Waals surface area contributed by atoms with Gasteiger partial charge in [0.05, 0.1) is 5.69 Å². The van der Waals surface area contributed by atoms with Crippen LogP contribution in [0.5, 0.6) is 0 Å². The van der Waals surface area contributed by atoms with Crippen molar-refractivity contribution in [2.24, 2.45) is 0 Å². The summed E-state index contributed by atoms with van der Waals surface area (Å²) in [4.78, 5) is 13.2. The highest BCUT2D eigenvalue weighted by molar-refractivity contribution is 9.09. The van der Waals surface area contributed by atoms with Gasteiger partial charge in [0.25, 0.3) is 5.91 Å². The number of nitrogens with one attached hydrogen (secondary N) is 1. The Labute approximate surface area is 113 Å². The fraction of sp³-hybridized carbons (Fsp3) is 0.727. The third-order valence-corrected chi connectivity index (χ3v) is 4.86. The topological polar surface area (TPSA) is 54.9 Å². The van der Waals surface area contributed by atoms with E-state index in [0.717, 1.165) is 31.4 Å². The average Bonchev–Trinajstić information content (AvgIpc) is 2.89. The first-order chi connectivity index (χ1) is 8.22. The van der Waals surface area contributed by atoms with Crippen LogP contribution in [0.15, 0.2) is 0 Å². The predicted octanol–water partition coefficient (Wildman–Crippen LogP) is 2.54.